The topological polar surface area (TPSA) is 33.1 Å². The van der Waals surface area contributed by atoms with E-state index in [4.69, 9.17) is 23.2 Å². The third-order valence-electron chi connectivity index (χ3n) is 2.91. The van der Waals surface area contributed by atoms with E-state index in [1.54, 1.807) is 24.4 Å². The number of halogens is 2. The predicted octanol–water partition coefficient (Wildman–Crippen LogP) is 4.23. The lowest BCUT2D eigenvalue weighted by Crippen LogP contribution is -2.09. The number of rotatable bonds is 3. The molecule has 0 fully saturated rings. The molecule has 2 nitrogen and oxygen atoms in total. The molecular weight excluding hydrogens is 269 g/mol. The normalized spacial score (nSPS) is 14.2. The average Bonchev–Trinajstić information content (AvgIpc) is 2.38. The van der Waals surface area contributed by atoms with Gasteiger partial charge in [0.1, 0.15) is 0 Å². The van der Waals surface area contributed by atoms with Crippen LogP contribution in [0.15, 0.2) is 42.6 Å². The third-order valence-corrected chi connectivity index (χ3v) is 3.47. The molecule has 0 aliphatic carbocycles. The first kappa shape index (κ1) is 13.3. The second kappa shape index (κ2) is 5.70. The van der Waals surface area contributed by atoms with Gasteiger partial charge in [0.05, 0.1) is 6.10 Å². The fourth-order valence-corrected chi connectivity index (χ4v) is 2.34. The quantitative estimate of drug-likeness (QED) is 0.914. The van der Waals surface area contributed by atoms with Gasteiger partial charge in [-0.15, -0.1) is 0 Å². The molecule has 0 saturated carbocycles. The molecule has 0 spiro atoms. The van der Waals surface area contributed by atoms with E-state index in [0.29, 0.717) is 15.6 Å². The highest BCUT2D eigenvalue weighted by Crippen LogP contribution is 2.34. The van der Waals surface area contributed by atoms with E-state index in [9.17, 15) is 5.11 Å². The highest BCUT2D eigenvalue weighted by molar-refractivity contribution is 6.35. The number of benzene rings is 1. The maximum atomic E-state index is 10.3. The van der Waals surface area contributed by atoms with Crippen molar-refractivity contribution in [1.82, 2.24) is 4.98 Å². The average molecular weight is 282 g/mol. The summed E-state index contributed by atoms with van der Waals surface area (Å²) in [5.41, 5.74) is 1.50. The first-order valence-electron chi connectivity index (χ1n) is 5.63. The minimum absolute atomic E-state index is 0.134. The van der Waals surface area contributed by atoms with Crippen LogP contribution in [0, 0.1) is 0 Å². The molecule has 0 bridgehead atoms. The van der Waals surface area contributed by atoms with Crippen LogP contribution in [0.25, 0.3) is 0 Å². The van der Waals surface area contributed by atoms with Gasteiger partial charge in [0, 0.05) is 27.9 Å². The summed E-state index contributed by atoms with van der Waals surface area (Å²) in [6, 6.07) is 10.7. The van der Waals surface area contributed by atoms with Gasteiger partial charge < -0.3 is 5.11 Å². The molecule has 94 valence electrons. The van der Waals surface area contributed by atoms with Gasteiger partial charge in [-0.05, 0) is 29.8 Å². The number of hydrogen-bond acceptors (Lipinski definition) is 2. The molecule has 2 unspecified atom stereocenters. The molecule has 0 aliphatic rings. The van der Waals surface area contributed by atoms with E-state index in [2.05, 4.69) is 4.98 Å². The van der Waals surface area contributed by atoms with Crippen molar-refractivity contribution in [2.45, 2.75) is 18.9 Å². The Balaban J connectivity index is 2.28. The lowest BCUT2D eigenvalue weighted by Gasteiger charge is -2.19. The maximum Gasteiger partial charge on any atom is 0.0885 e. The van der Waals surface area contributed by atoms with Gasteiger partial charge in [-0.1, -0.05) is 42.3 Å². The van der Waals surface area contributed by atoms with E-state index in [-0.39, 0.29) is 5.92 Å². The Morgan fingerprint density at radius 1 is 1.17 bits per heavy atom. The number of pyridine rings is 1. The van der Waals surface area contributed by atoms with Crippen molar-refractivity contribution in [3.8, 4) is 0 Å². The van der Waals surface area contributed by atoms with E-state index in [1.807, 2.05) is 25.1 Å². The lowest BCUT2D eigenvalue weighted by molar-refractivity contribution is 0.150. The summed E-state index contributed by atoms with van der Waals surface area (Å²) in [5.74, 6) is -0.134. The zero-order chi connectivity index (χ0) is 13.1. The van der Waals surface area contributed by atoms with Gasteiger partial charge in [0.2, 0.25) is 0 Å². The number of aliphatic hydroxyl groups excluding tert-OH is 1. The molecule has 2 atom stereocenters. The lowest BCUT2D eigenvalue weighted by atomic mass is 9.94. The molecule has 1 heterocycles. The van der Waals surface area contributed by atoms with Crippen LogP contribution < -0.4 is 0 Å². The second-order valence-corrected chi connectivity index (χ2v) is 5.00. The molecule has 1 aromatic heterocycles. The minimum Gasteiger partial charge on any atom is -0.388 e. The van der Waals surface area contributed by atoms with Crippen LogP contribution >= 0.6 is 23.2 Å². The second-order valence-electron chi connectivity index (χ2n) is 4.15. The summed E-state index contributed by atoms with van der Waals surface area (Å²) in [4.78, 5) is 4.24. The van der Waals surface area contributed by atoms with Crippen LogP contribution in [0.1, 0.15) is 30.2 Å². The zero-order valence-electron chi connectivity index (χ0n) is 9.85. The third kappa shape index (κ3) is 2.83. The van der Waals surface area contributed by atoms with Crippen LogP contribution in [0.3, 0.4) is 0 Å². The molecular formula is C14H13Cl2NO. The minimum atomic E-state index is -0.704. The van der Waals surface area contributed by atoms with Crippen LogP contribution in [-0.2, 0) is 0 Å². The van der Waals surface area contributed by atoms with Gasteiger partial charge in [0.25, 0.3) is 0 Å². The molecule has 0 saturated heterocycles. The van der Waals surface area contributed by atoms with Crippen LogP contribution in [-0.4, -0.2) is 10.1 Å². The van der Waals surface area contributed by atoms with Crippen molar-refractivity contribution in [2.75, 3.05) is 0 Å². The van der Waals surface area contributed by atoms with Crippen LogP contribution in [0.4, 0.5) is 0 Å². The summed E-state index contributed by atoms with van der Waals surface area (Å²) in [7, 11) is 0. The Labute approximate surface area is 116 Å². The molecule has 2 rings (SSSR count). The van der Waals surface area contributed by atoms with E-state index < -0.39 is 6.10 Å². The fraction of sp³-hybridized carbons (Fsp3) is 0.214. The highest BCUT2D eigenvalue weighted by Gasteiger charge is 2.21. The smallest absolute Gasteiger partial charge is 0.0885 e. The number of aliphatic hydroxyl groups is 1. The van der Waals surface area contributed by atoms with Gasteiger partial charge in [-0.3, -0.25) is 4.98 Å². The van der Waals surface area contributed by atoms with Crippen LogP contribution in [0.2, 0.25) is 10.0 Å². The summed E-state index contributed by atoms with van der Waals surface area (Å²) >= 11 is 11.9. The fourth-order valence-electron chi connectivity index (χ4n) is 1.82. The molecule has 18 heavy (non-hydrogen) atoms. The Morgan fingerprint density at radius 3 is 2.56 bits per heavy atom. The Hall–Kier alpha value is -1.09. The van der Waals surface area contributed by atoms with Crippen molar-refractivity contribution in [3.05, 3.63) is 63.9 Å². The molecule has 1 aromatic carbocycles. The van der Waals surface area contributed by atoms with Crippen molar-refractivity contribution in [1.29, 1.82) is 0 Å². The monoisotopic (exact) mass is 281 g/mol. The number of aromatic nitrogens is 1. The Morgan fingerprint density at radius 2 is 1.94 bits per heavy atom. The summed E-state index contributed by atoms with van der Waals surface area (Å²) in [6.07, 6.45) is 1.01. The van der Waals surface area contributed by atoms with E-state index in [0.717, 1.165) is 5.69 Å². The largest absolute Gasteiger partial charge is 0.388 e. The highest BCUT2D eigenvalue weighted by atomic mass is 35.5. The molecule has 1 N–H and O–H groups in total. The summed E-state index contributed by atoms with van der Waals surface area (Å²) < 4.78 is 0. The molecule has 0 radical (unpaired) electrons. The molecule has 0 aliphatic heterocycles. The predicted molar refractivity (Wildman–Crippen MR) is 74.1 cm³/mol. The van der Waals surface area contributed by atoms with Crippen LogP contribution in [0.5, 0.6) is 0 Å². The summed E-state index contributed by atoms with van der Waals surface area (Å²) in [6.45, 7) is 1.91. The molecule has 2 aromatic rings. The van der Waals surface area contributed by atoms with Gasteiger partial charge in [-0.2, -0.15) is 0 Å². The van der Waals surface area contributed by atoms with Crippen molar-refractivity contribution in [2.24, 2.45) is 0 Å². The van der Waals surface area contributed by atoms with Gasteiger partial charge in [0.15, 0.2) is 0 Å². The van der Waals surface area contributed by atoms with E-state index in [1.165, 1.54) is 0 Å². The van der Waals surface area contributed by atoms with Crippen molar-refractivity contribution < 1.29 is 5.11 Å². The summed E-state index contributed by atoms with van der Waals surface area (Å²) in [5, 5.41) is 11.4. The van der Waals surface area contributed by atoms with Crippen molar-refractivity contribution >= 4 is 23.2 Å². The zero-order valence-corrected chi connectivity index (χ0v) is 11.4. The van der Waals surface area contributed by atoms with Gasteiger partial charge in [-0.25, -0.2) is 0 Å². The Kier molecular flexibility index (Phi) is 4.23. The molecule has 0 amide bonds. The van der Waals surface area contributed by atoms with Gasteiger partial charge >= 0.3 is 0 Å². The Bertz CT molecular complexity index is 531. The standard InChI is InChI=1S/C14H13Cl2NO/c1-9(13-4-2-3-7-17-13)14(18)11-6-5-10(15)8-12(11)16/h2-9,14,18H,1H3. The van der Waals surface area contributed by atoms with Crippen molar-refractivity contribution in [3.63, 3.8) is 0 Å². The van der Waals surface area contributed by atoms with E-state index >= 15 is 0 Å². The maximum absolute atomic E-state index is 10.3. The molecule has 4 heteroatoms. The number of hydrogen-bond donors (Lipinski definition) is 1. The first-order valence-corrected chi connectivity index (χ1v) is 6.39. The number of nitrogens with zero attached hydrogens (tertiary/aromatic N) is 1. The SMILES string of the molecule is CC(c1ccccn1)C(O)c1ccc(Cl)cc1Cl. The first-order chi connectivity index (χ1) is 8.59.